The Morgan fingerprint density at radius 3 is 2.43 bits per heavy atom. The van der Waals surface area contributed by atoms with Gasteiger partial charge in [-0.3, -0.25) is 14.4 Å². The predicted octanol–water partition coefficient (Wildman–Crippen LogP) is 3.74. The van der Waals surface area contributed by atoms with Crippen LogP contribution in [0.5, 0.6) is 0 Å². The smallest absolute Gasteiger partial charge is 0.259 e. The quantitative estimate of drug-likeness (QED) is 0.406. The molecule has 2 N–H and O–H groups in total. The number of hydrogen-bond acceptors (Lipinski definition) is 4. The van der Waals surface area contributed by atoms with E-state index in [1.54, 1.807) is 21.9 Å². The second-order valence-corrected chi connectivity index (χ2v) is 9.53. The molecule has 2 aromatic carbocycles. The molecule has 4 aromatic rings. The van der Waals surface area contributed by atoms with Gasteiger partial charge in [-0.1, -0.05) is 42.5 Å². The van der Waals surface area contributed by atoms with Crippen LogP contribution in [0.4, 0.5) is 0 Å². The molecule has 0 unspecified atom stereocenters. The van der Waals surface area contributed by atoms with Crippen molar-refractivity contribution in [3.8, 4) is 0 Å². The summed E-state index contributed by atoms with van der Waals surface area (Å²) in [5.74, 6) is 0.356. The van der Waals surface area contributed by atoms with E-state index in [4.69, 9.17) is 4.98 Å². The summed E-state index contributed by atoms with van der Waals surface area (Å²) in [4.78, 5) is 48.9. The maximum atomic E-state index is 13.5. The largest absolute Gasteiger partial charge is 0.355 e. The number of imidazole rings is 1. The van der Waals surface area contributed by atoms with Gasteiger partial charge in [0.05, 0.1) is 11.0 Å². The molecule has 0 bridgehead atoms. The number of aromatic amines is 1. The number of carbonyl (C=O) groups is 2. The molecular weight excluding hydrogens is 466 g/mol. The maximum absolute atomic E-state index is 13.5. The molecule has 1 aliphatic heterocycles. The first kappa shape index (κ1) is 24.5. The summed E-state index contributed by atoms with van der Waals surface area (Å²) in [7, 11) is 1.48. The van der Waals surface area contributed by atoms with Crippen LogP contribution in [-0.4, -0.2) is 51.4 Å². The number of hydrogen-bond donors (Lipinski definition) is 2. The predicted molar refractivity (Wildman–Crippen MR) is 143 cm³/mol. The van der Waals surface area contributed by atoms with Crippen LogP contribution in [0, 0.1) is 0 Å². The van der Waals surface area contributed by atoms with Crippen molar-refractivity contribution < 1.29 is 9.59 Å². The molecule has 2 aromatic heterocycles. The highest BCUT2D eigenvalue weighted by molar-refractivity contribution is 5.99. The zero-order valence-corrected chi connectivity index (χ0v) is 20.9. The van der Waals surface area contributed by atoms with E-state index in [-0.39, 0.29) is 23.0 Å². The number of aromatic nitrogens is 3. The lowest BCUT2D eigenvalue weighted by molar-refractivity contribution is 0.0709. The van der Waals surface area contributed by atoms with Gasteiger partial charge in [-0.15, -0.1) is 0 Å². The highest BCUT2D eigenvalue weighted by Crippen LogP contribution is 2.28. The number of benzene rings is 2. The van der Waals surface area contributed by atoms with Crippen LogP contribution < -0.4 is 10.7 Å². The molecule has 0 saturated carbocycles. The van der Waals surface area contributed by atoms with Crippen LogP contribution in [0.25, 0.3) is 11.0 Å². The summed E-state index contributed by atoms with van der Waals surface area (Å²) in [6.07, 6.45) is 6.35. The Bertz CT molecular complexity index is 1430. The minimum absolute atomic E-state index is 0.00905. The van der Waals surface area contributed by atoms with Gasteiger partial charge < -0.3 is 19.8 Å². The molecule has 1 saturated heterocycles. The Morgan fingerprint density at radius 2 is 1.70 bits per heavy atom. The van der Waals surface area contributed by atoms with Crippen molar-refractivity contribution in [3.05, 3.63) is 99.7 Å². The molecule has 1 aliphatic rings. The number of rotatable bonds is 7. The Labute approximate surface area is 215 Å². The van der Waals surface area contributed by atoms with Gasteiger partial charge >= 0.3 is 0 Å². The van der Waals surface area contributed by atoms with Gasteiger partial charge in [0.15, 0.2) is 0 Å². The minimum atomic E-state index is -0.525. The lowest BCUT2D eigenvalue weighted by atomic mass is 9.95. The summed E-state index contributed by atoms with van der Waals surface area (Å²) < 4.78 is 1.79. The topological polar surface area (TPSA) is 100 Å². The van der Waals surface area contributed by atoms with E-state index in [0.717, 1.165) is 42.5 Å². The Balaban J connectivity index is 1.31. The second-order valence-electron chi connectivity index (χ2n) is 9.53. The van der Waals surface area contributed by atoms with Crippen molar-refractivity contribution in [2.24, 2.45) is 0 Å². The van der Waals surface area contributed by atoms with Gasteiger partial charge in [-0.25, -0.2) is 4.98 Å². The van der Waals surface area contributed by atoms with E-state index in [0.29, 0.717) is 19.6 Å². The average molecular weight is 498 g/mol. The number of aryl methyl sites for hydroxylation is 2. The summed E-state index contributed by atoms with van der Waals surface area (Å²) in [6.45, 7) is 1.64. The average Bonchev–Trinajstić information content (AvgIpc) is 3.38. The van der Waals surface area contributed by atoms with Crippen molar-refractivity contribution >= 4 is 22.8 Å². The first-order valence-corrected chi connectivity index (χ1v) is 12.8. The molecule has 8 nitrogen and oxygen atoms in total. The van der Waals surface area contributed by atoms with Crippen LogP contribution >= 0.6 is 0 Å². The molecule has 0 spiro atoms. The summed E-state index contributed by atoms with van der Waals surface area (Å²) in [6, 6.07) is 18.1. The van der Waals surface area contributed by atoms with Crippen molar-refractivity contribution in [3.63, 3.8) is 0 Å². The first-order chi connectivity index (χ1) is 18.0. The summed E-state index contributed by atoms with van der Waals surface area (Å²) in [5.41, 5.74) is 2.68. The van der Waals surface area contributed by atoms with E-state index in [1.165, 1.54) is 12.6 Å². The van der Waals surface area contributed by atoms with Gasteiger partial charge in [0.25, 0.3) is 11.8 Å². The normalized spacial score (nSPS) is 14.1. The van der Waals surface area contributed by atoms with E-state index in [1.807, 2.05) is 42.5 Å². The van der Waals surface area contributed by atoms with Crippen molar-refractivity contribution in [2.45, 2.75) is 38.1 Å². The van der Waals surface area contributed by atoms with Crippen molar-refractivity contribution in [1.29, 1.82) is 0 Å². The van der Waals surface area contributed by atoms with Crippen molar-refractivity contribution in [1.82, 2.24) is 24.8 Å². The first-order valence-electron chi connectivity index (χ1n) is 12.8. The molecule has 5 rings (SSSR count). The maximum Gasteiger partial charge on any atom is 0.259 e. The molecular formula is C29H31N5O3. The lowest BCUT2D eigenvalue weighted by Crippen LogP contribution is -2.41. The van der Waals surface area contributed by atoms with E-state index >= 15 is 0 Å². The Morgan fingerprint density at radius 1 is 1.00 bits per heavy atom. The van der Waals surface area contributed by atoms with Gasteiger partial charge in [0.1, 0.15) is 17.0 Å². The zero-order valence-electron chi connectivity index (χ0n) is 20.9. The van der Waals surface area contributed by atoms with Crippen molar-refractivity contribution in [2.75, 3.05) is 20.1 Å². The van der Waals surface area contributed by atoms with Crippen LogP contribution in [0.2, 0.25) is 0 Å². The second kappa shape index (κ2) is 10.8. The number of carbonyl (C=O) groups excluding carboxylic acids is 2. The lowest BCUT2D eigenvalue weighted by Gasteiger charge is -2.31. The highest BCUT2D eigenvalue weighted by atomic mass is 16.2. The fourth-order valence-corrected chi connectivity index (χ4v) is 5.01. The SMILES string of the molecule is CNC(=O)c1cn(CCCc2ccccc2)cc(C(=O)N2CCC(c3nc4ccccc4[nH]3)CC2)c1=O. The highest BCUT2D eigenvalue weighted by Gasteiger charge is 2.29. The zero-order chi connectivity index (χ0) is 25.8. The molecule has 37 heavy (non-hydrogen) atoms. The number of H-pyrrole nitrogens is 1. The molecule has 8 heteroatoms. The molecule has 190 valence electrons. The van der Waals surface area contributed by atoms with E-state index in [9.17, 15) is 14.4 Å². The number of likely N-dealkylation sites (tertiary alicyclic amines) is 1. The summed E-state index contributed by atoms with van der Waals surface area (Å²) >= 11 is 0. The van der Waals surface area contributed by atoms with Crippen LogP contribution in [0.1, 0.15) is 57.3 Å². The minimum Gasteiger partial charge on any atom is -0.355 e. The molecule has 0 aliphatic carbocycles. The number of amides is 2. The number of fused-ring (bicyclic) bond motifs is 1. The molecule has 3 heterocycles. The fraction of sp³-hybridized carbons (Fsp3) is 0.310. The molecule has 0 atom stereocenters. The van der Waals surface area contributed by atoms with Gasteiger partial charge in [-0.2, -0.15) is 0 Å². The number of para-hydroxylation sites is 2. The number of pyridine rings is 1. The van der Waals surface area contributed by atoms with Gasteiger partial charge in [-0.05, 0) is 43.4 Å². The third-order valence-corrected chi connectivity index (χ3v) is 7.08. The van der Waals surface area contributed by atoms with E-state index in [2.05, 4.69) is 22.4 Å². The van der Waals surface area contributed by atoms with Crippen LogP contribution in [0.3, 0.4) is 0 Å². The number of piperidine rings is 1. The third-order valence-electron chi connectivity index (χ3n) is 7.08. The molecule has 1 fully saturated rings. The molecule has 0 radical (unpaired) electrons. The van der Waals surface area contributed by atoms with Gasteiger partial charge in [0.2, 0.25) is 5.43 Å². The van der Waals surface area contributed by atoms with Crippen LogP contribution in [-0.2, 0) is 13.0 Å². The fourth-order valence-electron chi connectivity index (χ4n) is 5.01. The Kier molecular flexibility index (Phi) is 7.16. The monoisotopic (exact) mass is 497 g/mol. The number of nitrogens with zero attached hydrogens (tertiary/aromatic N) is 3. The third kappa shape index (κ3) is 5.33. The Hall–Kier alpha value is -4.20. The number of nitrogens with one attached hydrogen (secondary N) is 2. The van der Waals surface area contributed by atoms with Gasteiger partial charge in [0, 0.05) is 45.0 Å². The molecule has 2 amide bonds. The van der Waals surface area contributed by atoms with Crippen LogP contribution in [0.15, 0.2) is 71.8 Å². The summed E-state index contributed by atoms with van der Waals surface area (Å²) in [5, 5.41) is 2.52. The standard InChI is InChI=1S/C29H31N5O3/c1-30-28(36)22-18-33(15-7-10-20-8-3-2-4-9-20)19-23(26(22)35)29(37)34-16-13-21(14-17-34)27-31-24-11-5-6-12-25(24)32-27/h2-6,8-9,11-12,18-19,21H,7,10,13-17H2,1H3,(H,30,36)(H,31,32). The van der Waals surface area contributed by atoms with E-state index < -0.39 is 11.3 Å².